The third-order valence-corrected chi connectivity index (χ3v) is 4.77. The molecule has 2 aromatic rings. The first-order valence-corrected chi connectivity index (χ1v) is 8.70. The van der Waals surface area contributed by atoms with E-state index in [1.165, 1.54) is 12.0 Å². The molecule has 1 aliphatic rings. The normalized spacial score (nSPS) is 16.0. The van der Waals surface area contributed by atoms with E-state index in [2.05, 4.69) is 0 Å². The van der Waals surface area contributed by atoms with Crippen molar-refractivity contribution in [2.75, 3.05) is 13.7 Å². The minimum Gasteiger partial charge on any atom is -0.483 e. The van der Waals surface area contributed by atoms with Gasteiger partial charge in [0.25, 0.3) is 5.91 Å². The predicted molar refractivity (Wildman–Crippen MR) is 98.2 cm³/mol. The molecule has 3 rings (SSSR count). The summed E-state index contributed by atoms with van der Waals surface area (Å²) in [5, 5.41) is 0.611. The Labute approximate surface area is 157 Å². The van der Waals surface area contributed by atoms with Crippen LogP contribution in [0.2, 0.25) is 5.02 Å². The molecule has 6 heteroatoms. The minimum absolute atomic E-state index is 0.155. The maximum atomic E-state index is 12.8. The second-order valence-corrected chi connectivity index (χ2v) is 6.67. The summed E-state index contributed by atoms with van der Waals surface area (Å²) in [5.41, 5.74) is 2.93. The van der Waals surface area contributed by atoms with E-state index in [0.717, 1.165) is 16.7 Å². The number of halogens is 1. The Balaban J connectivity index is 1.76. The number of methoxy groups -OCH3 is 1. The van der Waals surface area contributed by atoms with Crippen LogP contribution in [0.15, 0.2) is 42.5 Å². The Morgan fingerprint density at radius 1 is 1.19 bits per heavy atom. The largest absolute Gasteiger partial charge is 0.483 e. The number of carbonyl (C=O) groups is 2. The van der Waals surface area contributed by atoms with Gasteiger partial charge < -0.3 is 14.4 Å². The van der Waals surface area contributed by atoms with Gasteiger partial charge in [-0.3, -0.25) is 4.79 Å². The van der Waals surface area contributed by atoms with Crippen LogP contribution in [0.25, 0.3) is 0 Å². The number of nitrogens with zero attached hydrogens (tertiary/aromatic N) is 1. The topological polar surface area (TPSA) is 55.8 Å². The number of benzene rings is 2. The van der Waals surface area contributed by atoms with Crippen molar-refractivity contribution in [2.24, 2.45) is 0 Å². The van der Waals surface area contributed by atoms with Gasteiger partial charge in [0.15, 0.2) is 6.61 Å². The Kier molecular flexibility index (Phi) is 5.47. The van der Waals surface area contributed by atoms with Gasteiger partial charge in [-0.1, -0.05) is 35.9 Å². The zero-order chi connectivity index (χ0) is 18.7. The zero-order valence-corrected chi connectivity index (χ0v) is 15.5. The highest BCUT2D eigenvalue weighted by atomic mass is 35.5. The van der Waals surface area contributed by atoms with Crippen LogP contribution in [0.4, 0.5) is 0 Å². The molecule has 0 bridgehead atoms. The molecular weight excluding hydrogens is 354 g/mol. The van der Waals surface area contributed by atoms with Gasteiger partial charge in [-0.2, -0.15) is 0 Å². The maximum absolute atomic E-state index is 12.8. The Morgan fingerprint density at radius 2 is 1.92 bits per heavy atom. The highest BCUT2D eigenvalue weighted by Crippen LogP contribution is 2.25. The van der Waals surface area contributed by atoms with E-state index < -0.39 is 12.0 Å². The first-order chi connectivity index (χ1) is 12.5. The van der Waals surface area contributed by atoms with Crippen LogP contribution in [0.1, 0.15) is 16.7 Å². The van der Waals surface area contributed by atoms with Crippen LogP contribution in [0.3, 0.4) is 0 Å². The standard InChI is InChI=1S/C20H20ClNO4/c1-13-9-16(21)7-8-18(13)26-12-19(23)22-11-15-6-4-3-5-14(15)10-17(22)20(24)25-2/h3-9,17H,10-12H2,1-2H3. The van der Waals surface area contributed by atoms with Crippen molar-refractivity contribution in [3.05, 3.63) is 64.2 Å². The smallest absolute Gasteiger partial charge is 0.328 e. The number of ether oxygens (including phenoxy) is 2. The molecule has 0 N–H and O–H groups in total. The van der Waals surface area contributed by atoms with Gasteiger partial charge in [-0.25, -0.2) is 4.79 Å². The fourth-order valence-electron chi connectivity index (χ4n) is 3.13. The summed E-state index contributed by atoms with van der Waals surface area (Å²) in [4.78, 5) is 26.5. The lowest BCUT2D eigenvalue weighted by molar-refractivity contribution is -0.154. The second-order valence-electron chi connectivity index (χ2n) is 6.23. The summed E-state index contributed by atoms with van der Waals surface area (Å²) in [6.07, 6.45) is 0.439. The molecule has 0 saturated heterocycles. The lowest BCUT2D eigenvalue weighted by Crippen LogP contribution is -2.50. The van der Waals surface area contributed by atoms with Crippen molar-refractivity contribution in [3.8, 4) is 5.75 Å². The zero-order valence-electron chi connectivity index (χ0n) is 14.7. The fraction of sp³-hybridized carbons (Fsp3) is 0.300. The molecule has 136 valence electrons. The predicted octanol–water partition coefficient (Wildman–Crippen LogP) is 3.15. The molecule has 26 heavy (non-hydrogen) atoms. The van der Waals surface area contributed by atoms with Crippen molar-refractivity contribution >= 4 is 23.5 Å². The SMILES string of the molecule is COC(=O)C1Cc2ccccc2CN1C(=O)COc1ccc(Cl)cc1C. The summed E-state index contributed by atoms with van der Waals surface area (Å²) in [6.45, 7) is 2.07. The number of esters is 1. The molecule has 1 atom stereocenters. The van der Waals surface area contributed by atoms with Crippen LogP contribution in [0, 0.1) is 6.92 Å². The van der Waals surface area contributed by atoms with Crippen LogP contribution in [-0.2, 0) is 27.3 Å². The van der Waals surface area contributed by atoms with Gasteiger partial charge in [0, 0.05) is 18.0 Å². The van der Waals surface area contributed by atoms with Gasteiger partial charge in [0.2, 0.25) is 0 Å². The van der Waals surface area contributed by atoms with Crippen LogP contribution in [-0.4, -0.2) is 36.5 Å². The van der Waals surface area contributed by atoms with Gasteiger partial charge in [-0.05, 0) is 41.8 Å². The summed E-state index contributed by atoms with van der Waals surface area (Å²) in [7, 11) is 1.33. The average Bonchev–Trinajstić information content (AvgIpc) is 2.65. The summed E-state index contributed by atoms with van der Waals surface area (Å²) >= 11 is 5.94. The van der Waals surface area contributed by atoms with Crippen molar-refractivity contribution < 1.29 is 19.1 Å². The number of rotatable bonds is 4. The molecule has 0 fully saturated rings. The summed E-state index contributed by atoms with van der Waals surface area (Å²) in [5.74, 6) is -0.0884. The van der Waals surface area contributed by atoms with Crippen molar-refractivity contribution in [2.45, 2.75) is 25.9 Å². The quantitative estimate of drug-likeness (QED) is 0.772. The van der Waals surface area contributed by atoms with E-state index in [9.17, 15) is 9.59 Å². The maximum Gasteiger partial charge on any atom is 0.328 e. The van der Waals surface area contributed by atoms with Crippen molar-refractivity contribution in [3.63, 3.8) is 0 Å². The van der Waals surface area contributed by atoms with Gasteiger partial charge in [-0.15, -0.1) is 0 Å². The number of aryl methyl sites for hydroxylation is 1. The highest BCUT2D eigenvalue weighted by molar-refractivity contribution is 6.30. The highest BCUT2D eigenvalue weighted by Gasteiger charge is 2.35. The van der Waals surface area contributed by atoms with Crippen LogP contribution >= 0.6 is 11.6 Å². The van der Waals surface area contributed by atoms with E-state index in [1.54, 1.807) is 18.2 Å². The lowest BCUT2D eigenvalue weighted by atomic mass is 9.94. The molecule has 1 heterocycles. The number of amides is 1. The monoisotopic (exact) mass is 373 g/mol. The first-order valence-electron chi connectivity index (χ1n) is 8.32. The molecule has 0 saturated carbocycles. The molecule has 5 nitrogen and oxygen atoms in total. The molecule has 0 radical (unpaired) electrons. The van der Waals surface area contributed by atoms with Gasteiger partial charge in [0.1, 0.15) is 11.8 Å². The number of hydrogen-bond donors (Lipinski definition) is 0. The number of fused-ring (bicyclic) bond motifs is 1. The van der Waals surface area contributed by atoms with Crippen molar-refractivity contribution in [1.29, 1.82) is 0 Å². The first kappa shape index (κ1) is 18.3. The molecular formula is C20H20ClNO4. The van der Waals surface area contributed by atoms with E-state index in [1.807, 2.05) is 31.2 Å². The summed E-state index contributed by atoms with van der Waals surface area (Å²) < 4.78 is 10.5. The molecule has 0 aromatic heterocycles. The van der Waals surface area contributed by atoms with E-state index in [0.29, 0.717) is 23.7 Å². The fourth-order valence-corrected chi connectivity index (χ4v) is 3.36. The Hall–Kier alpha value is -2.53. The number of carbonyl (C=O) groups excluding carboxylic acids is 2. The van der Waals surface area contributed by atoms with Crippen molar-refractivity contribution in [1.82, 2.24) is 4.90 Å². The lowest BCUT2D eigenvalue weighted by Gasteiger charge is -2.35. The molecule has 1 amide bonds. The van der Waals surface area contributed by atoms with Crippen LogP contribution < -0.4 is 4.74 Å². The molecule has 0 aliphatic carbocycles. The minimum atomic E-state index is -0.641. The molecule has 1 unspecified atom stereocenters. The third kappa shape index (κ3) is 3.83. The molecule has 0 spiro atoms. The van der Waals surface area contributed by atoms with Gasteiger partial charge >= 0.3 is 5.97 Å². The molecule has 2 aromatic carbocycles. The van der Waals surface area contributed by atoms with E-state index in [4.69, 9.17) is 21.1 Å². The van der Waals surface area contributed by atoms with Crippen LogP contribution in [0.5, 0.6) is 5.75 Å². The van der Waals surface area contributed by atoms with Gasteiger partial charge in [0.05, 0.1) is 7.11 Å². The van der Waals surface area contributed by atoms with E-state index in [-0.39, 0.29) is 12.5 Å². The molecule has 1 aliphatic heterocycles. The summed E-state index contributed by atoms with van der Waals surface area (Å²) in [6, 6.07) is 12.4. The number of hydrogen-bond acceptors (Lipinski definition) is 4. The average molecular weight is 374 g/mol. The Morgan fingerprint density at radius 3 is 2.62 bits per heavy atom. The van der Waals surface area contributed by atoms with E-state index >= 15 is 0 Å². The Bertz CT molecular complexity index is 836. The second kappa shape index (κ2) is 7.79. The third-order valence-electron chi connectivity index (χ3n) is 4.53.